The fraction of sp³-hybridized carbons (Fsp3) is 0.0714. The molecule has 4 heteroatoms. The molecule has 0 spiro atoms. The van der Waals surface area contributed by atoms with Crippen molar-refractivity contribution in [3.8, 4) is 0 Å². The maximum Gasteiger partial charge on any atom is 0.258 e. The monoisotopic (exact) mass is 323 g/mol. The van der Waals surface area contributed by atoms with Gasteiger partial charge in [-0.05, 0) is 46.3 Å². The molecule has 2 nitrogen and oxygen atoms in total. The van der Waals surface area contributed by atoms with E-state index in [1.165, 1.54) is 0 Å². The van der Waals surface area contributed by atoms with Gasteiger partial charge in [0, 0.05) is 22.8 Å². The lowest BCUT2D eigenvalue weighted by Gasteiger charge is -2.17. The topological polar surface area (TPSA) is 20.3 Å². The number of amides is 1. The maximum atomic E-state index is 12.3. The van der Waals surface area contributed by atoms with Crippen molar-refractivity contribution < 1.29 is 4.79 Å². The van der Waals surface area contributed by atoms with Crippen molar-refractivity contribution in [1.82, 2.24) is 0 Å². The molecule has 92 valence electrons. The SMILES string of the molecule is CN(C(=O)c1ccc(Cl)c(Br)c1)c1ccccc1. The highest BCUT2D eigenvalue weighted by Gasteiger charge is 2.14. The summed E-state index contributed by atoms with van der Waals surface area (Å²) in [6.07, 6.45) is 0. The molecule has 0 unspecified atom stereocenters. The second kappa shape index (κ2) is 5.55. The van der Waals surface area contributed by atoms with Gasteiger partial charge in [-0.25, -0.2) is 0 Å². The van der Waals surface area contributed by atoms with Crippen LogP contribution < -0.4 is 4.90 Å². The molecule has 0 aliphatic rings. The molecule has 0 N–H and O–H groups in total. The minimum atomic E-state index is -0.0708. The first kappa shape index (κ1) is 13.1. The van der Waals surface area contributed by atoms with Crippen molar-refractivity contribution in [2.24, 2.45) is 0 Å². The average molecular weight is 325 g/mol. The van der Waals surface area contributed by atoms with Crippen LogP contribution in [-0.4, -0.2) is 13.0 Å². The van der Waals surface area contributed by atoms with Gasteiger partial charge in [0.25, 0.3) is 5.91 Å². The third kappa shape index (κ3) is 2.74. The molecule has 0 bridgehead atoms. The summed E-state index contributed by atoms with van der Waals surface area (Å²) >= 11 is 9.23. The molecular formula is C14H11BrClNO. The minimum absolute atomic E-state index is 0.0708. The van der Waals surface area contributed by atoms with Crippen LogP contribution in [0.5, 0.6) is 0 Å². The van der Waals surface area contributed by atoms with Crippen molar-refractivity contribution in [1.29, 1.82) is 0 Å². The number of hydrogen-bond acceptors (Lipinski definition) is 1. The lowest BCUT2D eigenvalue weighted by molar-refractivity contribution is 0.0993. The van der Waals surface area contributed by atoms with E-state index in [4.69, 9.17) is 11.6 Å². The molecule has 2 rings (SSSR count). The highest BCUT2D eigenvalue weighted by molar-refractivity contribution is 9.10. The summed E-state index contributed by atoms with van der Waals surface area (Å²) in [5.41, 5.74) is 1.45. The number of anilines is 1. The molecule has 0 saturated heterocycles. The quantitative estimate of drug-likeness (QED) is 0.803. The first-order valence-electron chi connectivity index (χ1n) is 5.38. The summed E-state index contributed by atoms with van der Waals surface area (Å²) in [5, 5.41) is 0.592. The Morgan fingerprint density at radius 3 is 2.44 bits per heavy atom. The van der Waals surface area contributed by atoms with Gasteiger partial charge in [-0.15, -0.1) is 0 Å². The Hall–Kier alpha value is -1.32. The highest BCUT2D eigenvalue weighted by atomic mass is 79.9. The Labute approximate surface area is 119 Å². The fourth-order valence-corrected chi connectivity index (χ4v) is 2.09. The van der Waals surface area contributed by atoms with E-state index in [0.29, 0.717) is 10.6 Å². The van der Waals surface area contributed by atoms with Crippen LogP contribution in [0.25, 0.3) is 0 Å². The molecule has 0 heterocycles. The van der Waals surface area contributed by atoms with Crippen molar-refractivity contribution >= 4 is 39.1 Å². The first-order chi connectivity index (χ1) is 8.59. The van der Waals surface area contributed by atoms with Crippen LogP contribution in [0.1, 0.15) is 10.4 Å². The van der Waals surface area contributed by atoms with Gasteiger partial charge >= 0.3 is 0 Å². The number of benzene rings is 2. The van der Waals surface area contributed by atoms with Crippen molar-refractivity contribution in [2.75, 3.05) is 11.9 Å². The molecule has 0 saturated carbocycles. The van der Waals surface area contributed by atoms with E-state index < -0.39 is 0 Å². The summed E-state index contributed by atoms with van der Waals surface area (Å²) in [6.45, 7) is 0. The predicted molar refractivity (Wildman–Crippen MR) is 78.3 cm³/mol. The van der Waals surface area contributed by atoms with E-state index in [1.54, 1.807) is 30.1 Å². The largest absolute Gasteiger partial charge is 0.311 e. The molecule has 0 radical (unpaired) electrons. The third-order valence-corrected chi connectivity index (χ3v) is 3.83. The first-order valence-corrected chi connectivity index (χ1v) is 6.55. The second-order valence-electron chi connectivity index (χ2n) is 3.83. The van der Waals surface area contributed by atoms with Crippen molar-refractivity contribution in [2.45, 2.75) is 0 Å². The summed E-state index contributed by atoms with van der Waals surface area (Å²) in [4.78, 5) is 13.9. The van der Waals surface area contributed by atoms with Crippen LogP contribution in [0.3, 0.4) is 0 Å². The fourth-order valence-electron chi connectivity index (χ4n) is 1.59. The lowest BCUT2D eigenvalue weighted by Crippen LogP contribution is -2.26. The molecule has 2 aromatic carbocycles. The van der Waals surface area contributed by atoms with Gasteiger partial charge in [-0.2, -0.15) is 0 Å². The molecule has 0 aliphatic heterocycles. The van der Waals surface area contributed by atoms with Crippen LogP contribution in [0.2, 0.25) is 5.02 Å². The van der Waals surface area contributed by atoms with Gasteiger partial charge in [-0.3, -0.25) is 4.79 Å². The van der Waals surface area contributed by atoms with E-state index in [0.717, 1.165) is 10.2 Å². The second-order valence-corrected chi connectivity index (χ2v) is 5.09. The summed E-state index contributed by atoms with van der Waals surface area (Å²) in [7, 11) is 1.75. The Balaban J connectivity index is 2.29. The molecule has 0 fully saturated rings. The maximum absolute atomic E-state index is 12.3. The Kier molecular flexibility index (Phi) is 4.04. The van der Waals surface area contributed by atoms with Crippen LogP contribution >= 0.6 is 27.5 Å². The number of rotatable bonds is 2. The minimum Gasteiger partial charge on any atom is -0.311 e. The molecule has 0 atom stereocenters. The number of halogens is 2. The van der Waals surface area contributed by atoms with E-state index in [1.807, 2.05) is 30.3 Å². The smallest absolute Gasteiger partial charge is 0.258 e. The van der Waals surface area contributed by atoms with E-state index in [2.05, 4.69) is 15.9 Å². The number of hydrogen-bond donors (Lipinski definition) is 0. The molecule has 0 aliphatic carbocycles. The van der Waals surface area contributed by atoms with Gasteiger partial charge in [0.1, 0.15) is 0 Å². The predicted octanol–water partition coefficient (Wildman–Crippen LogP) is 4.38. The van der Waals surface area contributed by atoms with Gasteiger partial charge < -0.3 is 4.90 Å². The third-order valence-electron chi connectivity index (χ3n) is 2.61. The van der Waals surface area contributed by atoms with E-state index >= 15 is 0 Å². The van der Waals surface area contributed by atoms with Crippen LogP contribution in [0.15, 0.2) is 53.0 Å². The zero-order valence-corrected chi connectivity index (χ0v) is 12.1. The van der Waals surface area contributed by atoms with Crippen LogP contribution in [0.4, 0.5) is 5.69 Å². The van der Waals surface area contributed by atoms with Crippen molar-refractivity contribution in [3.05, 3.63) is 63.6 Å². The zero-order chi connectivity index (χ0) is 13.1. The highest BCUT2D eigenvalue weighted by Crippen LogP contribution is 2.24. The van der Waals surface area contributed by atoms with E-state index in [-0.39, 0.29) is 5.91 Å². The Morgan fingerprint density at radius 1 is 1.17 bits per heavy atom. The number of para-hydroxylation sites is 1. The van der Waals surface area contributed by atoms with Gasteiger partial charge in [0.05, 0.1) is 5.02 Å². The van der Waals surface area contributed by atoms with Crippen LogP contribution in [0, 0.1) is 0 Å². The molecular weight excluding hydrogens is 314 g/mol. The number of carbonyl (C=O) groups excluding carboxylic acids is 1. The molecule has 2 aromatic rings. The molecule has 18 heavy (non-hydrogen) atoms. The lowest BCUT2D eigenvalue weighted by atomic mass is 10.2. The van der Waals surface area contributed by atoms with Gasteiger partial charge in [0.2, 0.25) is 0 Å². The average Bonchev–Trinajstić information content (AvgIpc) is 2.41. The Bertz CT molecular complexity index is 571. The Morgan fingerprint density at radius 2 is 1.83 bits per heavy atom. The van der Waals surface area contributed by atoms with Crippen molar-refractivity contribution in [3.63, 3.8) is 0 Å². The standard InChI is InChI=1S/C14H11BrClNO/c1-17(11-5-3-2-4-6-11)14(18)10-7-8-13(16)12(15)9-10/h2-9H,1H3. The summed E-state index contributed by atoms with van der Waals surface area (Å²) in [6, 6.07) is 14.6. The summed E-state index contributed by atoms with van der Waals surface area (Å²) < 4.78 is 0.719. The van der Waals surface area contributed by atoms with Gasteiger partial charge in [-0.1, -0.05) is 29.8 Å². The zero-order valence-electron chi connectivity index (χ0n) is 9.73. The normalized spacial score (nSPS) is 10.2. The molecule has 0 aromatic heterocycles. The summed E-state index contributed by atoms with van der Waals surface area (Å²) in [5.74, 6) is -0.0708. The van der Waals surface area contributed by atoms with Gasteiger partial charge in [0.15, 0.2) is 0 Å². The number of nitrogens with zero attached hydrogens (tertiary/aromatic N) is 1. The van der Waals surface area contributed by atoms with Crippen LogP contribution in [-0.2, 0) is 0 Å². The number of carbonyl (C=O) groups is 1. The molecule has 1 amide bonds. The van der Waals surface area contributed by atoms with E-state index in [9.17, 15) is 4.79 Å².